The molecule has 0 spiro atoms. The van der Waals surface area contributed by atoms with Crippen molar-refractivity contribution in [3.8, 4) is 11.5 Å². The topological polar surface area (TPSA) is 93.9 Å². The molecule has 0 fully saturated rings. The van der Waals surface area contributed by atoms with E-state index < -0.39 is 5.41 Å². The third kappa shape index (κ3) is 7.60. The lowest BCUT2D eigenvalue weighted by Gasteiger charge is -2.28. The van der Waals surface area contributed by atoms with Crippen LogP contribution in [0, 0.1) is 5.41 Å². The van der Waals surface area contributed by atoms with E-state index >= 15 is 0 Å². The van der Waals surface area contributed by atoms with Crippen molar-refractivity contribution in [2.75, 3.05) is 27.3 Å². The highest BCUT2D eigenvalue weighted by Crippen LogP contribution is 2.21. The molecule has 3 aromatic rings. The highest BCUT2D eigenvalue weighted by molar-refractivity contribution is 5.92. The summed E-state index contributed by atoms with van der Waals surface area (Å²) in [5, 5.41) is 6.78. The van der Waals surface area contributed by atoms with Crippen LogP contribution < -0.4 is 14.8 Å². The SMILES string of the molecule is COc1ccc(CCNC(=O)c2cc(CN(CCc3ccc(OC)cc3)C(=O)C(C)(C)C)on2)cc1. The van der Waals surface area contributed by atoms with Gasteiger partial charge in [-0.05, 0) is 48.2 Å². The normalized spacial score (nSPS) is 11.1. The molecule has 8 heteroatoms. The molecule has 1 N–H and O–H groups in total. The zero-order valence-corrected chi connectivity index (χ0v) is 21.7. The molecule has 36 heavy (non-hydrogen) atoms. The summed E-state index contributed by atoms with van der Waals surface area (Å²) in [6, 6.07) is 17.1. The summed E-state index contributed by atoms with van der Waals surface area (Å²) in [5.41, 5.74) is 1.82. The molecule has 0 bridgehead atoms. The van der Waals surface area contributed by atoms with Gasteiger partial charge in [-0.15, -0.1) is 0 Å². The summed E-state index contributed by atoms with van der Waals surface area (Å²) in [5.74, 6) is 1.73. The Balaban J connectivity index is 1.58. The quantitative estimate of drug-likeness (QED) is 0.429. The van der Waals surface area contributed by atoms with Crippen LogP contribution in [0.15, 0.2) is 59.1 Å². The van der Waals surface area contributed by atoms with E-state index in [-0.39, 0.29) is 24.1 Å². The first-order chi connectivity index (χ1) is 17.2. The van der Waals surface area contributed by atoms with Crippen LogP contribution in [-0.4, -0.2) is 49.2 Å². The van der Waals surface area contributed by atoms with Crippen LogP contribution in [0.25, 0.3) is 0 Å². The van der Waals surface area contributed by atoms with E-state index in [1.165, 1.54) is 0 Å². The van der Waals surface area contributed by atoms with Gasteiger partial charge in [-0.1, -0.05) is 50.2 Å². The molecule has 1 heterocycles. The molecule has 0 aliphatic rings. The van der Waals surface area contributed by atoms with Crippen LogP contribution in [0.5, 0.6) is 11.5 Å². The zero-order valence-electron chi connectivity index (χ0n) is 21.7. The van der Waals surface area contributed by atoms with E-state index in [9.17, 15) is 9.59 Å². The number of methoxy groups -OCH3 is 2. The van der Waals surface area contributed by atoms with Crippen LogP contribution >= 0.6 is 0 Å². The molecular weight excluding hydrogens is 458 g/mol. The predicted octanol–water partition coefficient (Wildman–Crippen LogP) is 4.28. The summed E-state index contributed by atoms with van der Waals surface area (Å²) >= 11 is 0. The van der Waals surface area contributed by atoms with Gasteiger partial charge in [-0.25, -0.2) is 0 Å². The van der Waals surface area contributed by atoms with Gasteiger partial charge in [0.15, 0.2) is 11.5 Å². The minimum absolute atomic E-state index is 0.00194. The number of aromatic nitrogens is 1. The van der Waals surface area contributed by atoms with E-state index in [2.05, 4.69) is 10.5 Å². The smallest absolute Gasteiger partial charge is 0.273 e. The van der Waals surface area contributed by atoms with E-state index in [4.69, 9.17) is 14.0 Å². The Bertz CT molecular complexity index is 1130. The summed E-state index contributed by atoms with van der Waals surface area (Å²) in [4.78, 5) is 27.4. The molecule has 0 saturated carbocycles. The standard InChI is InChI=1S/C28H35N3O5/c1-28(2,3)27(33)31(17-15-21-8-12-23(35-5)13-9-21)19-24-18-25(30-36-24)26(32)29-16-14-20-6-10-22(34-4)11-7-20/h6-13,18H,14-17,19H2,1-5H3,(H,29,32). The van der Waals surface area contributed by atoms with Gasteiger partial charge in [0, 0.05) is 24.6 Å². The van der Waals surface area contributed by atoms with Gasteiger partial charge in [0.25, 0.3) is 5.91 Å². The number of hydrogen-bond donors (Lipinski definition) is 1. The molecule has 2 amide bonds. The fourth-order valence-corrected chi connectivity index (χ4v) is 3.67. The van der Waals surface area contributed by atoms with Crippen molar-refractivity contribution >= 4 is 11.8 Å². The average molecular weight is 494 g/mol. The van der Waals surface area contributed by atoms with Crippen molar-refractivity contribution < 1.29 is 23.6 Å². The van der Waals surface area contributed by atoms with Crippen molar-refractivity contribution in [3.63, 3.8) is 0 Å². The van der Waals surface area contributed by atoms with E-state index in [0.29, 0.717) is 31.7 Å². The Morgan fingerprint density at radius 3 is 2.00 bits per heavy atom. The third-order valence-corrected chi connectivity index (χ3v) is 5.75. The Hall–Kier alpha value is -3.81. The molecular formula is C28H35N3O5. The van der Waals surface area contributed by atoms with Gasteiger partial charge < -0.3 is 24.2 Å². The number of amides is 2. The summed E-state index contributed by atoms with van der Waals surface area (Å²) in [6.07, 6.45) is 1.36. The molecule has 1 aromatic heterocycles. The fraction of sp³-hybridized carbons (Fsp3) is 0.393. The van der Waals surface area contributed by atoms with Gasteiger partial charge in [0.2, 0.25) is 5.91 Å². The van der Waals surface area contributed by atoms with Gasteiger partial charge in [0.05, 0.1) is 20.8 Å². The van der Waals surface area contributed by atoms with Crippen LogP contribution in [0.2, 0.25) is 0 Å². The molecule has 0 saturated heterocycles. The van der Waals surface area contributed by atoms with Crippen LogP contribution in [0.1, 0.15) is 48.1 Å². The second kappa shape index (κ2) is 12.2. The highest BCUT2D eigenvalue weighted by atomic mass is 16.5. The molecule has 0 unspecified atom stereocenters. The lowest BCUT2D eigenvalue weighted by atomic mass is 9.94. The van der Waals surface area contributed by atoms with Gasteiger partial charge >= 0.3 is 0 Å². The number of carbonyl (C=O) groups is 2. The average Bonchev–Trinajstić information content (AvgIpc) is 3.35. The van der Waals surface area contributed by atoms with Crippen LogP contribution in [-0.2, 0) is 24.2 Å². The van der Waals surface area contributed by atoms with E-state index in [0.717, 1.165) is 22.6 Å². The number of rotatable bonds is 11. The monoisotopic (exact) mass is 493 g/mol. The van der Waals surface area contributed by atoms with Crippen molar-refractivity contribution in [2.45, 2.75) is 40.2 Å². The van der Waals surface area contributed by atoms with Crippen LogP contribution in [0.4, 0.5) is 0 Å². The van der Waals surface area contributed by atoms with E-state index in [1.54, 1.807) is 25.2 Å². The van der Waals surface area contributed by atoms with Gasteiger partial charge in [-0.2, -0.15) is 0 Å². The Morgan fingerprint density at radius 1 is 0.917 bits per heavy atom. The molecule has 0 aliphatic carbocycles. The second-order valence-corrected chi connectivity index (χ2v) is 9.61. The number of nitrogens with zero attached hydrogens (tertiary/aromatic N) is 2. The first-order valence-corrected chi connectivity index (χ1v) is 12.0. The number of benzene rings is 2. The molecule has 0 aliphatic heterocycles. The molecule has 0 atom stereocenters. The first kappa shape index (κ1) is 26.8. The van der Waals surface area contributed by atoms with Crippen LogP contribution in [0.3, 0.4) is 0 Å². The summed E-state index contributed by atoms with van der Waals surface area (Å²) in [6.45, 7) is 6.86. The Labute approximate surface area is 212 Å². The highest BCUT2D eigenvalue weighted by Gasteiger charge is 2.28. The minimum atomic E-state index is -0.554. The van der Waals surface area contributed by atoms with Crippen molar-refractivity contribution in [1.82, 2.24) is 15.4 Å². The molecule has 3 rings (SSSR count). The summed E-state index contributed by atoms with van der Waals surface area (Å²) < 4.78 is 15.8. The number of carbonyl (C=O) groups excluding carboxylic acids is 2. The van der Waals surface area contributed by atoms with Crippen molar-refractivity contribution in [1.29, 1.82) is 0 Å². The lowest BCUT2D eigenvalue weighted by molar-refractivity contribution is -0.140. The molecule has 8 nitrogen and oxygen atoms in total. The first-order valence-electron chi connectivity index (χ1n) is 12.0. The maximum atomic E-state index is 13.1. The predicted molar refractivity (Wildman–Crippen MR) is 137 cm³/mol. The molecule has 0 radical (unpaired) electrons. The summed E-state index contributed by atoms with van der Waals surface area (Å²) in [7, 11) is 3.26. The van der Waals surface area contributed by atoms with Crippen molar-refractivity contribution in [2.24, 2.45) is 5.41 Å². The Morgan fingerprint density at radius 2 is 1.47 bits per heavy atom. The minimum Gasteiger partial charge on any atom is -0.497 e. The maximum Gasteiger partial charge on any atom is 0.273 e. The fourth-order valence-electron chi connectivity index (χ4n) is 3.67. The second-order valence-electron chi connectivity index (χ2n) is 9.61. The van der Waals surface area contributed by atoms with Gasteiger partial charge in [0.1, 0.15) is 11.5 Å². The maximum absolute atomic E-state index is 13.1. The zero-order chi connectivity index (χ0) is 26.1. The number of nitrogens with one attached hydrogen (secondary N) is 1. The van der Waals surface area contributed by atoms with E-state index in [1.807, 2.05) is 69.3 Å². The largest absolute Gasteiger partial charge is 0.497 e. The number of hydrogen-bond acceptors (Lipinski definition) is 6. The third-order valence-electron chi connectivity index (χ3n) is 5.75. The molecule has 192 valence electrons. The molecule has 2 aromatic carbocycles. The Kier molecular flexibility index (Phi) is 9.11. The lowest BCUT2D eigenvalue weighted by Crippen LogP contribution is -2.40. The number of ether oxygens (including phenoxy) is 2. The van der Waals surface area contributed by atoms with Crippen molar-refractivity contribution in [3.05, 3.63) is 77.2 Å². The van der Waals surface area contributed by atoms with Gasteiger partial charge in [-0.3, -0.25) is 9.59 Å².